The van der Waals surface area contributed by atoms with E-state index in [0.717, 1.165) is 5.69 Å². The third-order valence-corrected chi connectivity index (χ3v) is 5.80. The van der Waals surface area contributed by atoms with Gasteiger partial charge in [-0.3, -0.25) is 9.59 Å². The van der Waals surface area contributed by atoms with Gasteiger partial charge >= 0.3 is 6.03 Å². The van der Waals surface area contributed by atoms with Crippen molar-refractivity contribution in [3.05, 3.63) is 59.9 Å². The number of nitrogens with zero attached hydrogens (tertiary/aromatic N) is 3. The maximum atomic E-state index is 14.0. The van der Waals surface area contributed by atoms with Crippen LogP contribution in [0.15, 0.2) is 48.5 Å². The highest BCUT2D eigenvalue weighted by molar-refractivity contribution is 5.95. The van der Waals surface area contributed by atoms with E-state index in [0.29, 0.717) is 31.9 Å². The van der Waals surface area contributed by atoms with Gasteiger partial charge in [0.05, 0.1) is 5.56 Å². The molecule has 1 fully saturated rings. The van der Waals surface area contributed by atoms with Crippen LogP contribution in [0.3, 0.4) is 0 Å². The molecule has 0 radical (unpaired) electrons. The van der Waals surface area contributed by atoms with E-state index in [9.17, 15) is 18.8 Å². The van der Waals surface area contributed by atoms with Crippen molar-refractivity contribution in [2.75, 3.05) is 42.9 Å². The second kappa shape index (κ2) is 11.7. The van der Waals surface area contributed by atoms with E-state index in [4.69, 9.17) is 0 Å². The molecular formula is C26H34FN5O3. The Kier molecular flexibility index (Phi) is 8.68. The van der Waals surface area contributed by atoms with Crippen LogP contribution in [-0.2, 0) is 4.79 Å². The van der Waals surface area contributed by atoms with Crippen LogP contribution in [0.25, 0.3) is 0 Å². The van der Waals surface area contributed by atoms with Gasteiger partial charge in [0.2, 0.25) is 5.91 Å². The number of halogens is 1. The molecule has 1 heterocycles. The van der Waals surface area contributed by atoms with Gasteiger partial charge in [0.15, 0.2) is 0 Å². The van der Waals surface area contributed by atoms with E-state index in [1.807, 2.05) is 52.0 Å². The number of nitrogens with one attached hydrogen (secondary N) is 2. The molecule has 8 nitrogen and oxygen atoms in total. The summed E-state index contributed by atoms with van der Waals surface area (Å²) in [5, 5.41) is 5.66. The zero-order valence-electron chi connectivity index (χ0n) is 20.8. The Balaban J connectivity index is 1.53. The summed E-state index contributed by atoms with van der Waals surface area (Å²) < 4.78 is 14.0. The minimum absolute atomic E-state index is 0.0150. The van der Waals surface area contributed by atoms with E-state index < -0.39 is 5.82 Å². The number of carbonyl (C=O) groups is 3. The number of amides is 4. The molecule has 0 aliphatic carbocycles. The van der Waals surface area contributed by atoms with Crippen molar-refractivity contribution in [3.8, 4) is 0 Å². The Morgan fingerprint density at radius 2 is 1.57 bits per heavy atom. The Morgan fingerprint density at radius 1 is 0.943 bits per heavy atom. The fourth-order valence-electron chi connectivity index (χ4n) is 3.90. The van der Waals surface area contributed by atoms with Crippen LogP contribution in [-0.4, -0.2) is 72.5 Å². The number of carbonyl (C=O) groups excluding carboxylic acids is 3. The molecule has 2 aromatic rings. The van der Waals surface area contributed by atoms with E-state index in [1.165, 1.54) is 17.0 Å². The molecule has 9 heteroatoms. The highest BCUT2D eigenvalue weighted by atomic mass is 19.1. The van der Waals surface area contributed by atoms with E-state index >= 15 is 0 Å². The SMILES string of the molecule is CC(C)NC(=O)N(CC(=O)Nc1ccc(N2CCN(C(=O)c3ccccc3F)CC2)cc1)C(C)C. The quantitative estimate of drug-likeness (QED) is 0.631. The first kappa shape index (κ1) is 26.0. The number of piperazine rings is 1. The van der Waals surface area contributed by atoms with Crippen molar-refractivity contribution in [3.63, 3.8) is 0 Å². The number of rotatable bonds is 7. The molecule has 0 spiro atoms. The summed E-state index contributed by atoms with van der Waals surface area (Å²) in [6, 6.07) is 13.1. The number of benzene rings is 2. The zero-order chi connectivity index (χ0) is 25.5. The molecule has 0 aromatic heterocycles. The average Bonchev–Trinajstić information content (AvgIpc) is 2.82. The summed E-state index contributed by atoms with van der Waals surface area (Å²) in [6.45, 7) is 9.68. The molecule has 1 aliphatic heterocycles. The monoisotopic (exact) mass is 483 g/mol. The Labute approximate surface area is 206 Å². The van der Waals surface area contributed by atoms with Crippen LogP contribution >= 0.6 is 0 Å². The molecule has 0 saturated carbocycles. The fourth-order valence-corrected chi connectivity index (χ4v) is 3.90. The van der Waals surface area contributed by atoms with E-state index in [-0.39, 0.29) is 42.0 Å². The molecule has 4 amide bonds. The van der Waals surface area contributed by atoms with Gasteiger partial charge in [-0.1, -0.05) is 12.1 Å². The van der Waals surface area contributed by atoms with Crippen LogP contribution in [0.5, 0.6) is 0 Å². The number of anilines is 2. The zero-order valence-corrected chi connectivity index (χ0v) is 20.8. The summed E-state index contributed by atoms with van der Waals surface area (Å²) in [5.41, 5.74) is 1.71. The van der Waals surface area contributed by atoms with Crippen molar-refractivity contribution >= 4 is 29.2 Å². The third-order valence-electron chi connectivity index (χ3n) is 5.80. The molecule has 0 bridgehead atoms. The average molecular weight is 484 g/mol. The van der Waals surface area contributed by atoms with Gasteiger partial charge < -0.3 is 25.3 Å². The van der Waals surface area contributed by atoms with Gasteiger partial charge in [0, 0.05) is 49.6 Å². The van der Waals surface area contributed by atoms with Gasteiger partial charge in [-0.05, 0) is 64.1 Å². The summed E-state index contributed by atoms with van der Waals surface area (Å²) in [4.78, 5) is 42.8. The topological polar surface area (TPSA) is 85.0 Å². The van der Waals surface area contributed by atoms with Gasteiger partial charge in [-0.15, -0.1) is 0 Å². The van der Waals surface area contributed by atoms with Crippen molar-refractivity contribution < 1.29 is 18.8 Å². The first-order chi connectivity index (χ1) is 16.7. The lowest BCUT2D eigenvalue weighted by Crippen LogP contribution is -2.49. The Hall–Kier alpha value is -3.62. The van der Waals surface area contributed by atoms with Crippen LogP contribution in [0.4, 0.5) is 20.6 Å². The molecule has 2 N–H and O–H groups in total. The van der Waals surface area contributed by atoms with Crippen molar-refractivity contribution in [2.24, 2.45) is 0 Å². The van der Waals surface area contributed by atoms with Crippen molar-refractivity contribution in [1.82, 2.24) is 15.1 Å². The number of hydrogen-bond acceptors (Lipinski definition) is 4. The molecule has 1 aliphatic rings. The summed E-state index contributed by atoms with van der Waals surface area (Å²) in [7, 11) is 0. The normalized spacial score (nSPS) is 13.7. The van der Waals surface area contributed by atoms with Gasteiger partial charge in [-0.2, -0.15) is 0 Å². The molecule has 0 unspecified atom stereocenters. The van der Waals surface area contributed by atoms with Crippen molar-refractivity contribution in [1.29, 1.82) is 0 Å². The smallest absolute Gasteiger partial charge is 0.318 e. The third kappa shape index (κ3) is 6.94. The molecule has 35 heavy (non-hydrogen) atoms. The Morgan fingerprint density at radius 3 is 2.14 bits per heavy atom. The van der Waals surface area contributed by atoms with Gasteiger partial charge in [-0.25, -0.2) is 9.18 Å². The molecule has 0 atom stereocenters. The predicted molar refractivity (Wildman–Crippen MR) is 135 cm³/mol. The molecule has 1 saturated heterocycles. The van der Waals surface area contributed by atoms with Gasteiger partial charge in [0.1, 0.15) is 12.4 Å². The molecule has 2 aromatic carbocycles. The lowest BCUT2D eigenvalue weighted by atomic mass is 10.1. The minimum atomic E-state index is -0.505. The highest BCUT2D eigenvalue weighted by Gasteiger charge is 2.24. The van der Waals surface area contributed by atoms with Crippen LogP contribution in [0.1, 0.15) is 38.1 Å². The second-order valence-corrected chi connectivity index (χ2v) is 9.18. The Bertz CT molecular complexity index is 1030. The van der Waals surface area contributed by atoms with Crippen LogP contribution in [0.2, 0.25) is 0 Å². The van der Waals surface area contributed by atoms with Gasteiger partial charge in [0.25, 0.3) is 5.91 Å². The molecular weight excluding hydrogens is 449 g/mol. The van der Waals surface area contributed by atoms with E-state index in [2.05, 4.69) is 15.5 Å². The predicted octanol–water partition coefficient (Wildman–Crippen LogP) is 3.56. The second-order valence-electron chi connectivity index (χ2n) is 9.18. The van der Waals surface area contributed by atoms with Crippen LogP contribution in [0, 0.1) is 5.82 Å². The summed E-state index contributed by atoms with van der Waals surface area (Å²) >= 11 is 0. The fraction of sp³-hybridized carbons (Fsp3) is 0.423. The number of urea groups is 1. The lowest BCUT2D eigenvalue weighted by molar-refractivity contribution is -0.117. The van der Waals surface area contributed by atoms with Crippen LogP contribution < -0.4 is 15.5 Å². The first-order valence-corrected chi connectivity index (χ1v) is 11.9. The molecule has 3 rings (SSSR count). The maximum absolute atomic E-state index is 14.0. The maximum Gasteiger partial charge on any atom is 0.318 e. The summed E-state index contributed by atoms with van der Waals surface area (Å²) in [5.74, 6) is -1.07. The van der Waals surface area contributed by atoms with Crippen molar-refractivity contribution in [2.45, 2.75) is 39.8 Å². The highest BCUT2D eigenvalue weighted by Crippen LogP contribution is 2.21. The minimum Gasteiger partial charge on any atom is -0.368 e. The first-order valence-electron chi connectivity index (χ1n) is 11.9. The largest absolute Gasteiger partial charge is 0.368 e. The number of hydrogen-bond donors (Lipinski definition) is 2. The summed E-state index contributed by atoms with van der Waals surface area (Å²) in [6.07, 6.45) is 0. The van der Waals surface area contributed by atoms with E-state index in [1.54, 1.807) is 17.0 Å². The lowest BCUT2D eigenvalue weighted by Gasteiger charge is -2.36. The standard InChI is InChI=1S/C26H34FN5O3/c1-18(2)28-26(35)32(19(3)4)17-24(33)29-20-9-11-21(12-10-20)30-13-15-31(16-14-30)25(34)22-7-5-6-8-23(22)27/h5-12,18-19H,13-17H2,1-4H3,(H,28,35)(H,29,33). The molecule has 188 valence electrons.